The van der Waals surface area contributed by atoms with E-state index in [4.69, 9.17) is 5.11 Å². The quantitative estimate of drug-likeness (QED) is 0.830. The minimum absolute atomic E-state index is 0.147. The molecule has 0 radical (unpaired) electrons. The van der Waals surface area contributed by atoms with Gasteiger partial charge in [-0.05, 0) is 28.9 Å². The van der Waals surface area contributed by atoms with Crippen LogP contribution in [-0.2, 0) is 23.2 Å². The van der Waals surface area contributed by atoms with Crippen molar-refractivity contribution in [1.82, 2.24) is 9.71 Å². The average molecular weight is 383 g/mol. The molecule has 2 heterocycles. The van der Waals surface area contributed by atoms with Crippen molar-refractivity contribution in [2.75, 3.05) is 0 Å². The number of rotatable bonds is 5. The smallest absolute Gasteiger partial charge is 0.242 e. The van der Waals surface area contributed by atoms with Crippen molar-refractivity contribution in [2.45, 2.75) is 25.0 Å². The van der Waals surface area contributed by atoms with E-state index in [9.17, 15) is 8.42 Å². The molecule has 5 nitrogen and oxygen atoms in total. The van der Waals surface area contributed by atoms with Gasteiger partial charge in [-0.25, -0.2) is 18.1 Å². The average Bonchev–Trinajstić information content (AvgIpc) is 2.93. The standard InChI is InChI=1S/C10H11BrN2O3S3/c1-6-13-7(5-17-6)3-12-19(15,16)9-2-8(4-14)18-10(9)11/h2,5,12,14H,3-4H2,1H3. The molecule has 2 rings (SSSR count). The van der Waals surface area contributed by atoms with Gasteiger partial charge in [0.2, 0.25) is 10.0 Å². The third-order valence-corrected chi connectivity index (χ3v) is 6.72. The Balaban J connectivity index is 2.15. The highest BCUT2D eigenvalue weighted by Crippen LogP contribution is 2.31. The molecule has 0 spiro atoms. The second kappa shape index (κ2) is 5.98. The largest absolute Gasteiger partial charge is 0.391 e. The monoisotopic (exact) mass is 382 g/mol. The number of aliphatic hydroxyl groups excluding tert-OH is 1. The molecule has 0 aromatic carbocycles. The van der Waals surface area contributed by atoms with Crippen LogP contribution in [0.15, 0.2) is 20.1 Å². The molecule has 0 amide bonds. The van der Waals surface area contributed by atoms with Gasteiger partial charge in [0.1, 0.15) is 4.90 Å². The predicted molar refractivity (Wildman–Crippen MR) is 78.8 cm³/mol. The number of nitrogens with one attached hydrogen (secondary N) is 1. The van der Waals surface area contributed by atoms with Crippen LogP contribution in [0, 0.1) is 6.92 Å². The molecule has 2 aromatic rings. The van der Waals surface area contributed by atoms with Gasteiger partial charge in [-0.1, -0.05) is 0 Å². The van der Waals surface area contributed by atoms with Gasteiger partial charge < -0.3 is 5.11 Å². The van der Waals surface area contributed by atoms with E-state index < -0.39 is 10.0 Å². The Bertz CT molecular complexity index is 678. The zero-order valence-corrected chi connectivity index (χ0v) is 13.9. The van der Waals surface area contributed by atoms with Gasteiger partial charge in [-0.15, -0.1) is 22.7 Å². The van der Waals surface area contributed by atoms with Crippen LogP contribution in [0.1, 0.15) is 15.6 Å². The number of thiophene rings is 1. The lowest BCUT2D eigenvalue weighted by molar-refractivity contribution is 0.285. The van der Waals surface area contributed by atoms with E-state index in [-0.39, 0.29) is 18.0 Å². The summed E-state index contributed by atoms with van der Waals surface area (Å²) in [4.78, 5) is 4.93. The maximum atomic E-state index is 12.1. The van der Waals surface area contributed by atoms with E-state index >= 15 is 0 Å². The predicted octanol–water partition coefficient (Wildman–Crippen LogP) is 2.25. The Morgan fingerprint density at radius 2 is 2.26 bits per heavy atom. The van der Waals surface area contributed by atoms with E-state index in [1.807, 2.05) is 12.3 Å². The molecule has 0 saturated carbocycles. The third kappa shape index (κ3) is 3.61. The molecule has 19 heavy (non-hydrogen) atoms. The summed E-state index contributed by atoms with van der Waals surface area (Å²) in [6.45, 7) is 1.85. The molecule has 0 bridgehead atoms. The van der Waals surface area contributed by atoms with Gasteiger partial charge in [0, 0.05) is 10.3 Å². The molecule has 104 valence electrons. The molecule has 0 saturated heterocycles. The summed E-state index contributed by atoms with van der Waals surface area (Å²) in [5, 5.41) is 11.7. The number of hydrogen-bond acceptors (Lipinski definition) is 6. The second-order valence-corrected chi connectivity index (χ2v) is 8.94. The van der Waals surface area contributed by atoms with Crippen LogP contribution < -0.4 is 4.72 Å². The Morgan fingerprint density at radius 1 is 1.53 bits per heavy atom. The lowest BCUT2D eigenvalue weighted by Gasteiger charge is -2.03. The fourth-order valence-electron chi connectivity index (χ4n) is 1.40. The number of sulfonamides is 1. The lowest BCUT2D eigenvalue weighted by Crippen LogP contribution is -2.23. The highest BCUT2D eigenvalue weighted by atomic mass is 79.9. The van der Waals surface area contributed by atoms with Crippen LogP contribution in [-0.4, -0.2) is 18.5 Å². The summed E-state index contributed by atoms with van der Waals surface area (Å²) in [5.41, 5.74) is 0.694. The first-order valence-corrected chi connectivity index (χ1v) is 9.19. The minimum atomic E-state index is -3.60. The first kappa shape index (κ1) is 15.1. The first-order valence-electron chi connectivity index (χ1n) is 5.22. The van der Waals surface area contributed by atoms with Crippen LogP contribution in [0.4, 0.5) is 0 Å². The van der Waals surface area contributed by atoms with Crippen LogP contribution in [0.5, 0.6) is 0 Å². The van der Waals surface area contributed by atoms with Crippen LogP contribution in [0.25, 0.3) is 0 Å². The van der Waals surface area contributed by atoms with Gasteiger partial charge in [0.15, 0.2) is 0 Å². The van der Waals surface area contributed by atoms with Crippen molar-refractivity contribution in [3.05, 3.63) is 30.8 Å². The SMILES string of the molecule is Cc1nc(CNS(=O)(=O)c2cc(CO)sc2Br)cs1. The number of aliphatic hydroxyl groups is 1. The Kier molecular flexibility index (Phi) is 4.75. The summed E-state index contributed by atoms with van der Waals surface area (Å²) in [6.07, 6.45) is 0. The molecule has 0 fully saturated rings. The number of thiazole rings is 1. The van der Waals surface area contributed by atoms with Gasteiger partial charge in [-0.2, -0.15) is 0 Å². The lowest BCUT2D eigenvalue weighted by atomic mass is 10.5. The molecule has 0 aliphatic carbocycles. The van der Waals surface area contributed by atoms with E-state index in [2.05, 4.69) is 25.6 Å². The minimum Gasteiger partial charge on any atom is -0.391 e. The maximum absolute atomic E-state index is 12.1. The number of halogens is 1. The van der Waals surface area contributed by atoms with Crippen molar-refractivity contribution in [3.8, 4) is 0 Å². The van der Waals surface area contributed by atoms with Crippen molar-refractivity contribution in [3.63, 3.8) is 0 Å². The van der Waals surface area contributed by atoms with Crippen molar-refractivity contribution >= 4 is 48.6 Å². The van der Waals surface area contributed by atoms with Crippen LogP contribution in [0.2, 0.25) is 0 Å². The molecule has 0 aliphatic heterocycles. The fraction of sp³-hybridized carbons (Fsp3) is 0.300. The van der Waals surface area contributed by atoms with E-state index in [0.717, 1.165) is 5.01 Å². The van der Waals surface area contributed by atoms with Gasteiger partial charge in [0.25, 0.3) is 0 Å². The summed E-state index contributed by atoms with van der Waals surface area (Å²) in [5.74, 6) is 0. The first-order chi connectivity index (χ1) is 8.92. The van der Waals surface area contributed by atoms with Crippen LogP contribution in [0.3, 0.4) is 0 Å². The van der Waals surface area contributed by atoms with Crippen molar-refractivity contribution in [2.24, 2.45) is 0 Å². The molecule has 2 aromatic heterocycles. The topological polar surface area (TPSA) is 79.3 Å². The molecule has 0 atom stereocenters. The summed E-state index contributed by atoms with van der Waals surface area (Å²) >= 11 is 5.88. The molecule has 2 N–H and O–H groups in total. The number of hydrogen-bond donors (Lipinski definition) is 2. The normalized spacial score (nSPS) is 11.9. The van der Waals surface area contributed by atoms with E-state index in [1.165, 1.54) is 28.7 Å². The number of nitrogens with zero attached hydrogens (tertiary/aromatic N) is 1. The van der Waals surface area contributed by atoms with Gasteiger partial charge in [-0.3, -0.25) is 0 Å². The molecule has 0 unspecified atom stereocenters. The van der Waals surface area contributed by atoms with E-state index in [0.29, 0.717) is 14.4 Å². The summed E-state index contributed by atoms with van der Waals surface area (Å²) in [7, 11) is -3.60. The zero-order valence-electron chi connectivity index (χ0n) is 9.88. The number of aromatic nitrogens is 1. The maximum Gasteiger partial charge on any atom is 0.242 e. The van der Waals surface area contributed by atoms with Gasteiger partial charge in [0.05, 0.1) is 27.6 Å². The van der Waals surface area contributed by atoms with Crippen molar-refractivity contribution < 1.29 is 13.5 Å². The van der Waals surface area contributed by atoms with Crippen molar-refractivity contribution in [1.29, 1.82) is 0 Å². The summed E-state index contributed by atoms with van der Waals surface area (Å²) in [6, 6.07) is 1.46. The highest BCUT2D eigenvalue weighted by Gasteiger charge is 2.20. The van der Waals surface area contributed by atoms with Gasteiger partial charge >= 0.3 is 0 Å². The molecule has 0 aliphatic rings. The van der Waals surface area contributed by atoms with Crippen LogP contribution >= 0.6 is 38.6 Å². The number of aryl methyl sites for hydroxylation is 1. The zero-order chi connectivity index (χ0) is 14.0. The molecule has 9 heteroatoms. The third-order valence-electron chi connectivity index (χ3n) is 2.26. The fourth-order valence-corrected chi connectivity index (χ4v) is 5.55. The summed E-state index contributed by atoms with van der Waals surface area (Å²) < 4.78 is 27.2. The Morgan fingerprint density at radius 3 is 2.79 bits per heavy atom. The molecular weight excluding hydrogens is 372 g/mol. The Labute approximate surface area is 127 Å². The van der Waals surface area contributed by atoms with E-state index in [1.54, 1.807) is 0 Å². The molecular formula is C10H11BrN2O3S3. The second-order valence-electron chi connectivity index (χ2n) is 3.69. The highest BCUT2D eigenvalue weighted by molar-refractivity contribution is 9.11. The Hall–Kier alpha value is -0.320.